The van der Waals surface area contributed by atoms with Crippen LogP contribution in [0.1, 0.15) is 18.9 Å². The molecule has 1 unspecified atom stereocenters. The van der Waals surface area contributed by atoms with Crippen LogP contribution < -0.4 is 5.73 Å². The van der Waals surface area contributed by atoms with Gasteiger partial charge in [0.2, 0.25) is 5.89 Å². The summed E-state index contributed by atoms with van der Waals surface area (Å²) in [5.41, 5.74) is 5.40. The number of aromatic nitrogens is 1. The average Bonchev–Trinajstić information content (AvgIpc) is 2.12. The van der Waals surface area contributed by atoms with Crippen molar-refractivity contribution >= 4 is 24.8 Å². The lowest BCUT2D eigenvalue weighted by molar-refractivity contribution is 0.463. The number of nitrogens with zero attached hydrogens (tertiary/aromatic N) is 1. The molecule has 1 aromatic heterocycles. The normalized spacial score (nSPS) is 11.0. The first kappa shape index (κ1) is 12.4. The van der Waals surface area contributed by atoms with Gasteiger partial charge in [-0.1, -0.05) is 0 Å². The first-order valence-electron chi connectivity index (χ1n) is 2.45. The lowest BCUT2D eigenvalue weighted by Gasteiger charge is -1.93. The molecule has 3 nitrogen and oxygen atoms in total. The van der Waals surface area contributed by atoms with Gasteiger partial charge in [-0.3, -0.25) is 0 Å². The van der Waals surface area contributed by atoms with Crippen LogP contribution in [0.4, 0.5) is 0 Å². The third-order valence-corrected chi connectivity index (χ3v) is 0.841. The summed E-state index contributed by atoms with van der Waals surface area (Å²) in [5, 5.41) is 0. The summed E-state index contributed by atoms with van der Waals surface area (Å²) in [6.07, 6.45) is 3.09. The minimum Gasteiger partial charge on any atom is -0.447 e. The third-order valence-electron chi connectivity index (χ3n) is 0.841. The van der Waals surface area contributed by atoms with Gasteiger partial charge >= 0.3 is 0 Å². The van der Waals surface area contributed by atoms with Crippen LogP contribution in [0.25, 0.3) is 0 Å². The molecule has 0 radical (unpaired) electrons. The minimum absolute atomic E-state index is 0. The Bertz CT molecular complexity index is 153. The van der Waals surface area contributed by atoms with Crippen LogP contribution in [0.5, 0.6) is 0 Å². The standard InChI is InChI=1S/C5H8N2O.2ClH/c1-4(6)5-7-2-3-8-5;;/h2-4H,6H2,1H3;2*1H. The van der Waals surface area contributed by atoms with Crippen LogP contribution in [0, 0.1) is 0 Å². The summed E-state index contributed by atoms with van der Waals surface area (Å²) in [5.74, 6) is 0.588. The van der Waals surface area contributed by atoms with Crippen LogP contribution in [0.15, 0.2) is 16.9 Å². The molecule has 1 heterocycles. The highest BCUT2D eigenvalue weighted by atomic mass is 35.5. The summed E-state index contributed by atoms with van der Waals surface area (Å²) in [6.45, 7) is 1.83. The Hall–Kier alpha value is -0.250. The largest absolute Gasteiger partial charge is 0.447 e. The fourth-order valence-electron chi connectivity index (χ4n) is 0.459. The summed E-state index contributed by atoms with van der Waals surface area (Å²) >= 11 is 0. The molecule has 60 valence electrons. The van der Waals surface area contributed by atoms with E-state index in [1.54, 1.807) is 6.20 Å². The van der Waals surface area contributed by atoms with E-state index in [-0.39, 0.29) is 30.9 Å². The van der Waals surface area contributed by atoms with Gasteiger partial charge in [0.1, 0.15) is 6.26 Å². The molecule has 0 aliphatic heterocycles. The van der Waals surface area contributed by atoms with Gasteiger partial charge < -0.3 is 10.2 Å². The molecule has 5 heteroatoms. The molecule has 0 spiro atoms. The topological polar surface area (TPSA) is 52.0 Å². The van der Waals surface area contributed by atoms with E-state index in [9.17, 15) is 0 Å². The molecule has 1 aromatic rings. The van der Waals surface area contributed by atoms with E-state index < -0.39 is 0 Å². The summed E-state index contributed by atoms with van der Waals surface area (Å²) in [4.78, 5) is 3.82. The van der Waals surface area contributed by atoms with E-state index >= 15 is 0 Å². The van der Waals surface area contributed by atoms with Gasteiger partial charge in [0.15, 0.2) is 0 Å². The van der Waals surface area contributed by atoms with Crippen molar-refractivity contribution in [1.82, 2.24) is 4.98 Å². The highest BCUT2D eigenvalue weighted by molar-refractivity contribution is 5.85. The van der Waals surface area contributed by atoms with Gasteiger partial charge in [0, 0.05) is 0 Å². The molecule has 2 N–H and O–H groups in total. The highest BCUT2D eigenvalue weighted by Gasteiger charge is 2.00. The Kier molecular flexibility index (Phi) is 6.87. The maximum absolute atomic E-state index is 5.40. The zero-order chi connectivity index (χ0) is 5.98. The number of rotatable bonds is 1. The van der Waals surface area contributed by atoms with Gasteiger partial charge in [-0.2, -0.15) is 0 Å². The van der Waals surface area contributed by atoms with Crippen LogP contribution in [0.2, 0.25) is 0 Å². The van der Waals surface area contributed by atoms with E-state index in [0.717, 1.165) is 0 Å². The van der Waals surface area contributed by atoms with Crippen LogP contribution >= 0.6 is 24.8 Å². The Morgan fingerprint density at radius 2 is 2.20 bits per heavy atom. The fourth-order valence-corrected chi connectivity index (χ4v) is 0.459. The Balaban J connectivity index is 0. The van der Waals surface area contributed by atoms with Crippen LogP contribution in [0.3, 0.4) is 0 Å². The van der Waals surface area contributed by atoms with Crippen molar-refractivity contribution in [2.75, 3.05) is 0 Å². The first-order valence-corrected chi connectivity index (χ1v) is 2.45. The zero-order valence-electron chi connectivity index (χ0n) is 5.48. The van der Waals surface area contributed by atoms with E-state index in [1.807, 2.05) is 6.92 Å². The Labute approximate surface area is 71.8 Å². The lowest BCUT2D eigenvalue weighted by Crippen LogP contribution is -2.04. The number of hydrogen-bond donors (Lipinski definition) is 1. The lowest BCUT2D eigenvalue weighted by atomic mass is 10.4. The minimum atomic E-state index is -0.0926. The second-order valence-electron chi connectivity index (χ2n) is 1.66. The summed E-state index contributed by atoms with van der Waals surface area (Å²) < 4.78 is 4.86. The van der Waals surface area contributed by atoms with Crippen molar-refractivity contribution in [3.05, 3.63) is 18.4 Å². The summed E-state index contributed by atoms with van der Waals surface area (Å²) in [7, 11) is 0. The van der Waals surface area contributed by atoms with Crippen molar-refractivity contribution in [3.8, 4) is 0 Å². The molecular weight excluding hydrogens is 175 g/mol. The molecule has 10 heavy (non-hydrogen) atoms. The number of nitrogens with two attached hydrogens (primary N) is 1. The van der Waals surface area contributed by atoms with Gasteiger partial charge in [0.25, 0.3) is 0 Å². The molecular formula is C5H10Cl2N2O. The van der Waals surface area contributed by atoms with Crippen LogP contribution in [-0.2, 0) is 0 Å². The SMILES string of the molecule is CC(N)c1ncco1.Cl.Cl. The molecule has 1 rings (SSSR count). The van der Waals surface area contributed by atoms with Crippen LogP contribution in [-0.4, -0.2) is 4.98 Å². The van der Waals surface area contributed by atoms with Crippen molar-refractivity contribution in [1.29, 1.82) is 0 Å². The Morgan fingerprint density at radius 3 is 2.40 bits per heavy atom. The van der Waals surface area contributed by atoms with Gasteiger partial charge in [-0.15, -0.1) is 24.8 Å². The molecule has 0 bridgehead atoms. The fraction of sp³-hybridized carbons (Fsp3) is 0.400. The first-order chi connectivity index (χ1) is 3.80. The second kappa shape index (κ2) is 5.53. The predicted octanol–water partition coefficient (Wildman–Crippen LogP) is 1.54. The quantitative estimate of drug-likeness (QED) is 0.721. The second-order valence-corrected chi connectivity index (χ2v) is 1.66. The van der Waals surface area contributed by atoms with Crippen molar-refractivity contribution in [2.45, 2.75) is 13.0 Å². The highest BCUT2D eigenvalue weighted by Crippen LogP contribution is 2.03. The van der Waals surface area contributed by atoms with Crippen molar-refractivity contribution in [3.63, 3.8) is 0 Å². The molecule has 0 amide bonds. The maximum atomic E-state index is 5.40. The van der Waals surface area contributed by atoms with E-state index in [0.29, 0.717) is 5.89 Å². The molecule has 0 aromatic carbocycles. The van der Waals surface area contributed by atoms with Gasteiger partial charge in [0.05, 0.1) is 12.2 Å². The molecule has 0 saturated carbocycles. The number of hydrogen-bond acceptors (Lipinski definition) is 3. The van der Waals surface area contributed by atoms with E-state index in [2.05, 4.69) is 4.98 Å². The average molecular weight is 185 g/mol. The predicted molar refractivity (Wildman–Crippen MR) is 43.6 cm³/mol. The zero-order valence-corrected chi connectivity index (χ0v) is 7.11. The van der Waals surface area contributed by atoms with Gasteiger partial charge in [-0.25, -0.2) is 4.98 Å². The smallest absolute Gasteiger partial charge is 0.210 e. The Morgan fingerprint density at radius 1 is 1.60 bits per heavy atom. The van der Waals surface area contributed by atoms with E-state index in [4.69, 9.17) is 10.2 Å². The third kappa shape index (κ3) is 3.06. The molecule has 0 aliphatic carbocycles. The number of halogens is 2. The maximum Gasteiger partial charge on any atom is 0.210 e. The monoisotopic (exact) mass is 184 g/mol. The molecule has 0 saturated heterocycles. The summed E-state index contributed by atoms with van der Waals surface area (Å²) in [6, 6.07) is -0.0926. The number of oxazole rings is 1. The molecule has 0 aliphatic rings. The van der Waals surface area contributed by atoms with Gasteiger partial charge in [-0.05, 0) is 6.92 Å². The van der Waals surface area contributed by atoms with Crippen molar-refractivity contribution in [2.24, 2.45) is 5.73 Å². The van der Waals surface area contributed by atoms with E-state index in [1.165, 1.54) is 6.26 Å². The molecule has 1 atom stereocenters. The van der Waals surface area contributed by atoms with Crippen molar-refractivity contribution < 1.29 is 4.42 Å². The molecule has 0 fully saturated rings.